The normalized spacial score (nSPS) is 18.3. The molecule has 0 N–H and O–H groups in total. The molecule has 1 aliphatic carbocycles. The van der Waals surface area contributed by atoms with E-state index in [2.05, 4.69) is 0 Å². The third-order valence-corrected chi connectivity index (χ3v) is 4.62. The van der Waals surface area contributed by atoms with Crippen LogP contribution >= 0.6 is 11.6 Å². The summed E-state index contributed by atoms with van der Waals surface area (Å²) in [6.45, 7) is 7.08. The molecule has 1 aromatic carbocycles. The molecule has 0 bridgehead atoms. The maximum absolute atomic E-state index is 12.3. The van der Waals surface area contributed by atoms with Crippen LogP contribution in [0.4, 0.5) is 0 Å². The largest absolute Gasteiger partial charge is 0.489 e. The predicted octanol–water partition coefficient (Wildman–Crippen LogP) is 4.26. The van der Waals surface area contributed by atoms with Gasteiger partial charge in [-0.3, -0.25) is 0 Å². The topological polar surface area (TPSA) is 44.8 Å². The Morgan fingerprint density at radius 1 is 1.20 bits per heavy atom. The van der Waals surface area contributed by atoms with Crippen LogP contribution in [0.1, 0.15) is 44.7 Å². The summed E-state index contributed by atoms with van der Waals surface area (Å²) in [5, 5.41) is 0.593. The van der Waals surface area contributed by atoms with E-state index in [9.17, 15) is 4.79 Å². The van der Waals surface area contributed by atoms with Gasteiger partial charge in [-0.2, -0.15) is 0 Å². The minimum Gasteiger partial charge on any atom is -0.489 e. The molecule has 5 heteroatoms. The third kappa shape index (κ3) is 4.77. The van der Waals surface area contributed by atoms with Crippen molar-refractivity contribution in [3.63, 3.8) is 0 Å². The van der Waals surface area contributed by atoms with Crippen LogP contribution in [0.25, 0.3) is 0 Å². The van der Waals surface area contributed by atoms with Gasteiger partial charge >= 0.3 is 5.97 Å². The zero-order chi connectivity index (χ0) is 18.0. The molecule has 1 fully saturated rings. The molecule has 0 unspecified atom stereocenters. The summed E-state index contributed by atoms with van der Waals surface area (Å²) in [6, 6.07) is 3.93. The average Bonchev–Trinajstić information content (AvgIpc) is 2.54. The third-order valence-electron chi connectivity index (χ3n) is 4.33. The number of ether oxygens (including phenoxy) is 3. The lowest BCUT2D eigenvalue weighted by molar-refractivity contribution is -0.150. The van der Waals surface area contributed by atoms with Crippen molar-refractivity contribution in [2.75, 3.05) is 13.2 Å². The number of carbonyl (C=O) groups excluding carboxylic acids is 1. The second-order valence-corrected chi connectivity index (χ2v) is 8.00. The van der Waals surface area contributed by atoms with E-state index in [0.29, 0.717) is 23.4 Å². The Balaban J connectivity index is 1.72. The first-order valence-electron chi connectivity index (χ1n) is 8.80. The summed E-state index contributed by atoms with van der Waals surface area (Å²) >= 11 is 6.42. The van der Waals surface area contributed by atoms with E-state index in [-0.39, 0.29) is 12.1 Å². The highest BCUT2D eigenvalue weighted by Crippen LogP contribution is 2.34. The number of benzene rings is 1. The van der Waals surface area contributed by atoms with Crippen LogP contribution in [0, 0.1) is 0 Å². The molecule has 0 radical (unpaired) electrons. The Morgan fingerprint density at radius 2 is 1.92 bits per heavy atom. The van der Waals surface area contributed by atoms with Crippen molar-refractivity contribution in [1.82, 2.24) is 0 Å². The van der Waals surface area contributed by atoms with Crippen molar-refractivity contribution >= 4 is 17.6 Å². The Morgan fingerprint density at radius 3 is 2.60 bits per heavy atom. The molecule has 0 aromatic heterocycles. The number of allylic oxidation sites excluding steroid dienone is 1. The van der Waals surface area contributed by atoms with Crippen LogP contribution in [0.5, 0.6) is 5.75 Å². The van der Waals surface area contributed by atoms with Crippen LogP contribution in [0.3, 0.4) is 0 Å². The van der Waals surface area contributed by atoms with Gasteiger partial charge in [0.2, 0.25) is 0 Å². The molecule has 136 valence electrons. The summed E-state index contributed by atoms with van der Waals surface area (Å²) in [5.41, 5.74) is 2.42. The van der Waals surface area contributed by atoms with Gasteiger partial charge in [0, 0.05) is 24.8 Å². The summed E-state index contributed by atoms with van der Waals surface area (Å²) < 4.78 is 16.9. The molecule has 25 heavy (non-hydrogen) atoms. The van der Waals surface area contributed by atoms with Crippen LogP contribution in [-0.2, 0) is 27.1 Å². The molecule has 1 heterocycles. The maximum atomic E-state index is 12.3. The van der Waals surface area contributed by atoms with E-state index in [1.165, 1.54) is 0 Å². The highest BCUT2D eigenvalue weighted by molar-refractivity contribution is 6.32. The van der Waals surface area contributed by atoms with Crippen LogP contribution in [-0.4, -0.2) is 30.9 Å². The summed E-state index contributed by atoms with van der Waals surface area (Å²) in [4.78, 5) is 12.3. The summed E-state index contributed by atoms with van der Waals surface area (Å²) in [5.74, 6) is 0.471. The van der Waals surface area contributed by atoms with E-state index in [4.69, 9.17) is 25.8 Å². The highest BCUT2D eigenvalue weighted by atomic mass is 35.5. The molecule has 4 nitrogen and oxygen atoms in total. The zero-order valence-corrected chi connectivity index (χ0v) is 15.8. The molecule has 1 aliphatic heterocycles. The molecule has 0 spiro atoms. The average molecular weight is 365 g/mol. The highest BCUT2D eigenvalue weighted by Gasteiger charge is 2.24. The van der Waals surface area contributed by atoms with Gasteiger partial charge in [0.25, 0.3) is 0 Å². The molecule has 0 saturated carbocycles. The first kappa shape index (κ1) is 18.3. The number of esters is 1. The van der Waals surface area contributed by atoms with E-state index in [1.54, 1.807) is 0 Å². The monoisotopic (exact) mass is 364 g/mol. The van der Waals surface area contributed by atoms with Crippen LogP contribution in [0.2, 0.25) is 5.02 Å². The molecule has 0 atom stereocenters. The molecule has 3 rings (SSSR count). The van der Waals surface area contributed by atoms with Gasteiger partial charge in [-0.05, 0) is 50.5 Å². The number of hydrogen-bond donors (Lipinski definition) is 0. The first-order valence-corrected chi connectivity index (χ1v) is 9.18. The van der Waals surface area contributed by atoms with E-state index >= 15 is 0 Å². The molecular weight excluding hydrogens is 340 g/mol. The fraction of sp³-hybridized carbons (Fsp3) is 0.550. The lowest BCUT2D eigenvalue weighted by atomic mass is 9.91. The standard InChI is InChI=1S/C20H25ClO4/c1-20(2,3)25-19(22)14-5-4-13-12-18(17(21)11-15(13)10-14)24-16-6-8-23-9-7-16/h5,11-12,16H,4,6-10H2,1-3H3. The van der Waals surface area contributed by atoms with E-state index in [1.807, 2.05) is 39.0 Å². The Hall–Kier alpha value is -1.52. The number of hydrogen-bond acceptors (Lipinski definition) is 4. The zero-order valence-electron chi connectivity index (χ0n) is 15.1. The first-order chi connectivity index (χ1) is 11.8. The van der Waals surface area contributed by atoms with Crippen molar-refractivity contribution in [2.24, 2.45) is 0 Å². The minimum atomic E-state index is -0.489. The molecule has 1 saturated heterocycles. The molecule has 1 aromatic rings. The minimum absolute atomic E-state index is 0.153. The predicted molar refractivity (Wildman–Crippen MR) is 97.3 cm³/mol. The van der Waals surface area contributed by atoms with E-state index in [0.717, 1.165) is 42.9 Å². The number of carbonyl (C=O) groups is 1. The number of rotatable bonds is 3. The van der Waals surface area contributed by atoms with Gasteiger partial charge in [-0.25, -0.2) is 4.79 Å². The second kappa shape index (κ2) is 7.38. The van der Waals surface area contributed by atoms with Crippen molar-refractivity contribution in [3.05, 3.63) is 39.9 Å². The van der Waals surface area contributed by atoms with Crippen LogP contribution in [0.15, 0.2) is 23.8 Å². The van der Waals surface area contributed by atoms with Gasteiger partial charge in [0.05, 0.1) is 18.2 Å². The summed E-state index contributed by atoms with van der Waals surface area (Å²) in [7, 11) is 0. The van der Waals surface area contributed by atoms with Gasteiger partial charge in [-0.15, -0.1) is 0 Å². The lowest BCUT2D eigenvalue weighted by Crippen LogP contribution is -2.27. The smallest absolute Gasteiger partial charge is 0.334 e. The van der Waals surface area contributed by atoms with Gasteiger partial charge in [-0.1, -0.05) is 17.7 Å². The van der Waals surface area contributed by atoms with Gasteiger partial charge < -0.3 is 14.2 Å². The van der Waals surface area contributed by atoms with Gasteiger partial charge in [0.1, 0.15) is 17.5 Å². The number of fused-ring (bicyclic) bond motifs is 1. The van der Waals surface area contributed by atoms with Crippen molar-refractivity contribution in [1.29, 1.82) is 0 Å². The molecule has 0 amide bonds. The molecular formula is C20H25ClO4. The number of halogens is 1. The Kier molecular flexibility index (Phi) is 5.40. The summed E-state index contributed by atoms with van der Waals surface area (Å²) in [6.07, 6.45) is 5.10. The van der Waals surface area contributed by atoms with Gasteiger partial charge in [0.15, 0.2) is 0 Å². The van der Waals surface area contributed by atoms with Crippen molar-refractivity contribution in [2.45, 2.75) is 58.2 Å². The maximum Gasteiger partial charge on any atom is 0.334 e. The fourth-order valence-electron chi connectivity index (χ4n) is 3.06. The van der Waals surface area contributed by atoms with Crippen LogP contribution < -0.4 is 4.74 Å². The quantitative estimate of drug-likeness (QED) is 0.751. The Labute approximate surface area is 154 Å². The Bertz CT molecular complexity index is 682. The SMILES string of the molecule is CC(C)(C)OC(=O)C1=CCc2cc(OC3CCOCC3)c(Cl)cc2C1. The van der Waals surface area contributed by atoms with Crippen molar-refractivity contribution in [3.8, 4) is 5.75 Å². The second-order valence-electron chi connectivity index (χ2n) is 7.59. The molecule has 2 aliphatic rings. The fourth-order valence-corrected chi connectivity index (χ4v) is 3.30. The lowest BCUT2D eigenvalue weighted by Gasteiger charge is -2.26. The van der Waals surface area contributed by atoms with Crippen molar-refractivity contribution < 1.29 is 19.0 Å². The van der Waals surface area contributed by atoms with E-state index < -0.39 is 5.60 Å².